The van der Waals surface area contributed by atoms with Gasteiger partial charge < -0.3 is 4.74 Å². The summed E-state index contributed by atoms with van der Waals surface area (Å²) in [6, 6.07) is 9.83. The third-order valence-electron chi connectivity index (χ3n) is 2.75. The molecule has 0 aliphatic heterocycles. The number of Topliss-reactive ketones (excluding diaryl/α,β-unsaturated/α-hetero) is 1. The number of alkyl halides is 2. The molecule has 110 valence electrons. The highest BCUT2D eigenvalue weighted by atomic mass is 79.9. The Morgan fingerprint density at radius 2 is 1.95 bits per heavy atom. The molecule has 2 aromatic carbocycles. The first kappa shape index (κ1) is 15.6. The van der Waals surface area contributed by atoms with E-state index in [0.717, 1.165) is 0 Å². The molecule has 0 aliphatic carbocycles. The standard InChI is InChI=1S/C15H10BrF3O2/c16-11-5-4-9(13(17)8-11)7-14(20)10-2-1-3-12(6-10)21-15(18)19/h1-6,8,15H,7H2. The Morgan fingerprint density at radius 3 is 2.62 bits per heavy atom. The van der Waals surface area contributed by atoms with Crippen LogP contribution in [0.5, 0.6) is 5.75 Å². The van der Waals surface area contributed by atoms with Crippen LogP contribution in [0.15, 0.2) is 46.9 Å². The van der Waals surface area contributed by atoms with Gasteiger partial charge in [-0.3, -0.25) is 4.79 Å². The quantitative estimate of drug-likeness (QED) is 0.729. The summed E-state index contributed by atoms with van der Waals surface area (Å²) in [5.41, 5.74) is 0.429. The minimum absolute atomic E-state index is 0.105. The normalized spacial score (nSPS) is 10.7. The zero-order chi connectivity index (χ0) is 15.4. The molecule has 0 heterocycles. The van der Waals surface area contributed by atoms with E-state index in [9.17, 15) is 18.0 Å². The molecule has 0 atom stereocenters. The summed E-state index contributed by atoms with van der Waals surface area (Å²) in [6.07, 6.45) is -0.156. The molecule has 0 radical (unpaired) electrons. The van der Waals surface area contributed by atoms with Crippen LogP contribution in [0.4, 0.5) is 13.2 Å². The fourth-order valence-corrected chi connectivity index (χ4v) is 2.12. The SMILES string of the molecule is O=C(Cc1ccc(Br)cc1F)c1cccc(OC(F)F)c1. The van der Waals surface area contributed by atoms with Crippen LogP contribution in [0.1, 0.15) is 15.9 Å². The van der Waals surface area contributed by atoms with Gasteiger partial charge in [0, 0.05) is 16.5 Å². The molecule has 2 rings (SSSR count). The zero-order valence-electron chi connectivity index (χ0n) is 10.7. The minimum atomic E-state index is -2.96. The Labute approximate surface area is 127 Å². The van der Waals surface area contributed by atoms with Crippen LogP contribution in [-0.4, -0.2) is 12.4 Å². The van der Waals surface area contributed by atoms with Crippen molar-refractivity contribution in [1.82, 2.24) is 0 Å². The Balaban J connectivity index is 2.16. The maximum absolute atomic E-state index is 13.7. The van der Waals surface area contributed by atoms with Crippen LogP contribution in [-0.2, 0) is 6.42 Å². The number of ketones is 1. The molecule has 0 bridgehead atoms. The molecule has 0 unspecified atom stereocenters. The van der Waals surface area contributed by atoms with Gasteiger partial charge in [0.2, 0.25) is 0 Å². The van der Waals surface area contributed by atoms with Gasteiger partial charge in [-0.25, -0.2) is 4.39 Å². The lowest BCUT2D eigenvalue weighted by molar-refractivity contribution is -0.0498. The van der Waals surface area contributed by atoms with Gasteiger partial charge in [0.15, 0.2) is 5.78 Å². The Morgan fingerprint density at radius 1 is 1.19 bits per heavy atom. The first-order valence-corrected chi connectivity index (χ1v) is 6.77. The second-order valence-corrected chi connectivity index (χ2v) is 5.16. The number of carbonyl (C=O) groups is 1. The lowest BCUT2D eigenvalue weighted by Gasteiger charge is -2.07. The molecule has 6 heteroatoms. The highest BCUT2D eigenvalue weighted by molar-refractivity contribution is 9.10. The van der Waals surface area contributed by atoms with E-state index in [-0.39, 0.29) is 29.1 Å². The smallest absolute Gasteiger partial charge is 0.387 e. The fraction of sp³-hybridized carbons (Fsp3) is 0.133. The van der Waals surface area contributed by atoms with Crippen LogP contribution in [0.2, 0.25) is 0 Å². The number of benzene rings is 2. The lowest BCUT2D eigenvalue weighted by Crippen LogP contribution is -2.07. The predicted octanol–water partition coefficient (Wildman–Crippen LogP) is 4.62. The summed E-state index contributed by atoms with van der Waals surface area (Å²) in [7, 11) is 0. The van der Waals surface area contributed by atoms with Crippen LogP contribution in [0, 0.1) is 5.82 Å². The van der Waals surface area contributed by atoms with Crippen molar-refractivity contribution in [2.24, 2.45) is 0 Å². The summed E-state index contributed by atoms with van der Waals surface area (Å²) < 4.78 is 42.7. The third kappa shape index (κ3) is 4.32. The van der Waals surface area contributed by atoms with Crippen molar-refractivity contribution in [3.63, 3.8) is 0 Å². The highest BCUT2D eigenvalue weighted by Crippen LogP contribution is 2.20. The molecule has 0 fully saturated rings. The van der Waals surface area contributed by atoms with Crippen molar-refractivity contribution in [3.8, 4) is 5.75 Å². The molecular formula is C15H10BrF3O2. The van der Waals surface area contributed by atoms with E-state index in [1.165, 1.54) is 36.4 Å². The first-order valence-electron chi connectivity index (χ1n) is 5.97. The van der Waals surface area contributed by atoms with Crippen molar-refractivity contribution in [2.45, 2.75) is 13.0 Å². The molecule has 21 heavy (non-hydrogen) atoms. The minimum Gasteiger partial charge on any atom is -0.435 e. The van der Waals surface area contributed by atoms with Crippen LogP contribution in [0.3, 0.4) is 0 Å². The molecule has 0 aromatic heterocycles. The monoisotopic (exact) mass is 358 g/mol. The summed E-state index contributed by atoms with van der Waals surface area (Å²) in [5.74, 6) is -0.985. The zero-order valence-corrected chi connectivity index (χ0v) is 12.2. The first-order chi connectivity index (χ1) is 9.95. The number of hydrogen-bond acceptors (Lipinski definition) is 2. The number of carbonyl (C=O) groups excluding carboxylic acids is 1. The van der Waals surface area contributed by atoms with Gasteiger partial charge in [-0.1, -0.05) is 34.1 Å². The molecule has 0 saturated heterocycles. The van der Waals surface area contributed by atoms with E-state index < -0.39 is 12.4 Å². The van der Waals surface area contributed by atoms with E-state index >= 15 is 0 Å². The maximum Gasteiger partial charge on any atom is 0.387 e. The maximum atomic E-state index is 13.7. The highest BCUT2D eigenvalue weighted by Gasteiger charge is 2.12. The predicted molar refractivity (Wildman–Crippen MR) is 75.2 cm³/mol. The molecule has 0 aliphatic rings. The van der Waals surface area contributed by atoms with E-state index in [1.54, 1.807) is 6.07 Å². The van der Waals surface area contributed by atoms with Crippen LogP contribution >= 0.6 is 15.9 Å². The molecular weight excluding hydrogens is 349 g/mol. The second-order valence-electron chi connectivity index (χ2n) is 4.24. The number of halogens is 4. The van der Waals surface area contributed by atoms with Gasteiger partial charge in [0.05, 0.1) is 0 Å². The van der Waals surface area contributed by atoms with E-state index in [0.29, 0.717) is 4.47 Å². The van der Waals surface area contributed by atoms with E-state index in [1.807, 2.05) is 0 Å². The third-order valence-corrected chi connectivity index (χ3v) is 3.24. The molecule has 2 aromatic rings. The lowest BCUT2D eigenvalue weighted by atomic mass is 10.0. The second kappa shape index (κ2) is 6.76. The molecule has 0 saturated carbocycles. The van der Waals surface area contributed by atoms with Crippen molar-refractivity contribution in [3.05, 3.63) is 63.9 Å². The van der Waals surface area contributed by atoms with Gasteiger partial charge in [0.1, 0.15) is 11.6 Å². The average Bonchev–Trinajstić information content (AvgIpc) is 2.41. The van der Waals surface area contributed by atoms with Crippen LogP contribution in [0.25, 0.3) is 0 Å². The summed E-state index contributed by atoms with van der Waals surface area (Å²) in [4.78, 5) is 12.1. The van der Waals surface area contributed by atoms with Crippen molar-refractivity contribution in [2.75, 3.05) is 0 Å². The Bertz CT molecular complexity index is 659. The van der Waals surface area contributed by atoms with E-state index in [2.05, 4.69) is 20.7 Å². The Hall–Kier alpha value is -1.82. The summed E-state index contributed by atoms with van der Waals surface area (Å²) >= 11 is 3.13. The van der Waals surface area contributed by atoms with Crippen molar-refractivity contribution in [1.29, 1.82) is 0 Å². The Kier molecular flexibility index (Phi) is 5.01. The van der Waals surface area contributed by atoms with E-state index in [4.69, 9.17) is 0 Å². The average molecular weight is 359 g/mol. The van der Waals surface area contributed by atoms with Gasteiger partial charge in [0.25, 0.3) is 0 Å². The number of ether oxygens (including phenoxy) is 1. The topological polar surface area (TPSA) is 26.3 Å². The largest absolute Gasteiger partial charge is 0.435 e. The molecule has 2 nitrogen and oxygen atoms in total. The summed E-state index contributed by atoms with van der Waals surface area (Å²) in [5, 5.41) is 0. The number of rotatable bonds is 5. The van der Waals surface area contributed by atoms with Gasteiger partial charge in [-0.2, -0.15) is 8.78 Å². The molecule has 0 spiro atoms. The van der Waals surface area contributed by atoms with Crippen LogP contribution < -0.4 is 4.74 Å². The number of hydrogen-bond donors (Lipinski definition) is 0. The summed E-state index contributed by atoms with van der Waals surface area (Å²) in [6.45, 7) is -2.96. The van der Waals surface area contributed by atoms with Crippen molar-refractivity contribution >= 4 is 21.7 Å². The van der Waals surface area contributed by atoms with Crippen molar-refractivity contribution < 1.29 is 22.7 Å². The fourth-order valence-electron chi connectivity index (χ4n) is 1.79. The van der Waals surface area contributed by atoms with Gasteiger partial charge in [-0.05, 0) is 29.8 Å². The molecule has 0 N–H and O–H groups in total. The van der Waals surface area contributed by atoms with Gasteiger partial charge >= 0.3 is 6.61 Å². The van der Waals surface area contributed by atoms with Gasteiger partial charge in [-0.15, -0.1) is 0 Å². The molecule has 0 amide bonds.